The number of benzene rings is 1. The summed E-state index contributed by atoms with van der Waals surface area (Å²) >= 11 is 0. The van der Waals surface area contributed by atoms with E-state index in [1.807, 2.05) is 6.92 Å². The second kappa shape index (κ2) is 5.72. The van der Waals surface area contributed by atoms with Gasteiger partial charge in [-0.25, -0.2) is 24.3 Å². The fourth-order valence-corrected chi connectivity index (χ4v) is 1.97. The summed E-state index contributed by atoms with van der Waals surface area (Å²) in [7, 11) is 0. The molecule has 110 valence electrons. The average Bonchev–Trinajstić information content (AvgIpc) is 2.50. The van der Waals surface area contributed by atoms with Crippen molar-refractivity contribution in [2.24, 2.45) is 0 Å². The summed E-state index contributed by atoms with van der Waals surface area (Å²) in [4.78, 5) is 16.7. The molecule has 0 atom stereocenters. The molecular weight excluding hydrogens is 283 g/mol. The molecule has 3 N–H and O–H groups in total. The first-order valence-electron chi connectivity index (χ1n) is 6.57. The highest BCUT2D eigenvalue weighted by Crippen LogP contribution is 2.21. The Kier molecular flexibility index (Phi) is 3.61. The molecule has 3 aromatic rings. The van der Waals surface area contributed by atoms with E-state index in [1.165, 1.54) is 12.1 Å². The molecule has 0 fully saturated rings. The lowest BCUT2D eigenvalue weighted by Crippen LogP contribution is -2.01. The monoisotopic (exact) mass is 296 g/mol. The summed E-state index contributed by atoms with van der Waals surface area (Å²) < 4.78 is 12.9. The fourth-order valence-electron chi connectivity index (χ4n) is 1.97. The number of nitrogens with two attached hydrogens (primary N) is 1. The van der Waals surface area contributed by atoms with Crippen molar-refractivity contribution in [2.45, 2.75) is 6.92 Å². The molecule has 0 radical (unpaired) electrons. The number of anilines is 3. The van der Waals surface area contributed by atoms with Crippen LogP contribution in [0.15, 0.2) is 42.7 Å². The largest absolute Gasteiger partial charge is 0.368 e. The number of halogens is 1. The molecule has 3 rings (SSSR count). The predicted molar refractivity (Wildman–Crippen MR) is 81.9 cm³/mol. The van der Waals surface area contributed by atoms with Gasteiger partial charge in [0, 0.05) is 23.6 Å². The van der Waals surface area contributed by atoms with Crippen LogP contribution < -0.4 is 11.1 Å². The second-order valence-corrected chi connectivity index (χ2v) is 4.62. The molecule has 0 aliphatic heterocycles. The third-order valence-corrected chi connectivity index (χ3v) is 3.03. The van der Waals surface area contributed by atoms with Crippen LogP contribution in [-0.2, 0) is 0 Å². The summed E-state index contributed by atoms with van der Waals surface area (Å²) in [6, 6.07) is 7.72. The molecule has 0 aliphatic carbocycles. The van der Waals surface area contributed by atoms with Crippen LogP contribution in [0.4, 0.5) is 22.0 Å². The summed E-state index contributed by atoms with van der Waals surface area (Å²) in [6.07, 6.45) is 3.26. The third kappa shape index (κ3) is 2.98. The Bertz CT molecular complexity index is 803. The SMILES string of the molecule is Cc1nc(N)ncc1-c1ccnc(Nc2ccc(F)cc2)n1. The van der Waals surface area contributed by atoms with Crippen molar-refractivity contribution in [1.29, 1.82) is 0 Å². The summed E-state index contributed by atoms with van der Waals surface area (Å²) in [5, 5.41) is 3.02. The topological polar surface area (TPSA) is 89.6 Å². The minimum absolute atomic E-state index is 0.222. The van der Waals surface area contributed by atoms with Crippen LogP contribution in [0.2, 0.25) is 0 Å². The fraction of sp³-hybridized carbons (Fsp3) is 0.0667. The maximum absolute atomic E-state index is 12.9. The molecule has 6 nitrogen and oxygen atoms in total. The van der Waals surface area contributed by atoms with E-state index in [0.29, 0.717) is 17.3 Å². The molecule has 22 heavy (non-hydrogen) atoms. The Hall–Kier alpha value is -3.09. The van der Waals surface area contributed by atoms with Crippen molar-refractivity contribution >= 4 is 17.6 Å². The Morgan fingerprint density at radius 1 is 1.05 bits per heavy atom. The first-order chi connectivity index (χ1) is 10.6. The number of nitrogens with one attached hydrogen (secondary N) is 1. The summed E-state index contributed by atoms with van der Waals surface area (Å²) in [5.41, 5.74) is 8.44. The minimum atomic E-state index is -0.296. The standard InChI is InChI=1S/C15H13FN6/c1-9-12(8-19-14(17)20-9)13-6-7-18-15(22-13)21-11-4-2-10(16)3-5-11/h2-8H,1H3,(H2,17,19,20)(H,18,21,22). The Morgan fingerprint density at radius 2 is 1.82 bits per heavy atom. The number of hydrogen-bond acceptors (Lipinski definition) is 6. The number of nitrogens with zero attached hydrogens (tertiary/aromatic N) is 4. The molecule has 0 bridgehead atoms. The molecule has 0 spiro atoms. The van der Waals surface area contributed by atoms with Crippen LogP contribution >= 0.6 is 0 Å². The normalized spacial score (nSPS) is 10.5. The van der Waals surface area contributed by atoms with Crippen molar-refractivity contribution in [3.63, 3.8) is 0 Å². The van der Waals surface area contributed by atoms with Crippen LogP contribution in [-0.4, -0.2) is 19.9 Å². The van der Waals surface area contributed by atoms with Crippen molar-refractivity contribution in [1.82, 2.24) is 19.9 Å². The number of aryl methyl sites for hydroxylation is 1. The Balaban J connectivity index is 1.90. The van der Waals surface area contributed by atoms with Crippen LogP contribution in [0.5, 0.6) is 0 Å². The molecule has 2 heterocycles. The van der Waals surface area contributed by atoms with Gasteiger partial charge in [-0.2, -0.15) is 0 Å². The van der Waals surface area contributed by atoms with Gasteiger partial charge in [0.15, 0.2) is 0 Å². The lowest BCUT2D eigenvalue weighted by molar-refractivity contribution is 0.628. The molecule has 0 aliphatic rings. The number of aromatic nitrogens is 4. The highest BCUT2D eigenvalue weighted by Gasteiger charge is 2.08. The van der Waals surface area contributed by atoms with Gasteiger partial charge < -0.3 is 11.1 Å². The molecule has 7 heteroatoms. The van der Waals surface area contributed by atoms with Gasteiger partial charge >= 0.3 is 0 Å². The first-order valence-corrected chi connectivity index (χ1v) is 6.57. The average molecular weight is 296 g/mol. The van der Waals surface area contributed by atoms with Crippen molar-refractivity contribution < 1.29 is 4.39 Å². The van der Waals surface area contributed by atoms with Crippen molar-refractivity contribution in [3.05, 3.63) is 54.2 Å². The predicted octanol–water partition coefficient (Wildman–Crippen LogP) is 2.71. The van der Waals surface area contributed by atoms with Gasteiger partial charge in [-0.05, 0) is 37.3 Å². The maximum atomic E-state index is 12.9. The van der Waals surface area contributed by atoms with Gasteiger partial charge in [0.05, 0.1) is 11.4 Å². The zero-order chi connectivity index (χ0) is 15.5. The van der Waals surface area contributed by atoms with Gasteiger partial charge in [0.25, 0.3) is 0 Å². The van der Waals surface area contributed by atoms with Crippen LogP contribution in [0.1, 0.15) is 5.69 Å². The third-order valence-electron chi connectivity index (χ3n) is 3.03. The molecular formula is C15H13FN6. The Morgan fingerprint density at radius 3 is 2.55 bits per heavy atom. The summed E-state index contributed by atoms with van der Waals surface area (Å²) in [6.45, 7) is 1.84. The van der Waals surface area contributed by atoms with E-state index in [-0.39, 0.29) is 11.8 Å². The van der Waals surface area contributed by atoms with Gasteiger partial charge in [-0.3, -0.25) is 0 Å². The number of hydrogen-bond donors (Lipinski definition) is 2. The van der Waals surface area contributed by atoms with E-state index < -0.39 is 0 Å². The van der Waals surface area contributed by atoms with Crippen LogP contribution in [0, 0.1) is 12.7 Å². The lowest BCUT2D eigenvalue weighted by Gasteiger charge is -2.08. The van der Waals surface area contributed by atoms with Crippen LogP contribution in [0.25, 0.3) is 11.3 Å². The van der Waals surface area contributed by atoms with Crippen LogP contribution in [0.3, 0.4) is 0 Å². The molecule has 0 saturated carbocycles. The van der Waals surface area contributed by atoms with E-state index in [0.717, 1.165) is 11.3 Å². The zero-order valence-electron chi connectivity index (χ0n) is 11.8. The van der Waals surface area contributed by atoms with E-state index in [1.54, 1.807) is 30.6 Å². The zero-order valence-corrected chi connectivity index (χ0v) is 11.8. The summed E-state index contributed by atoms with van der Waals surface area (Å²) in [5.74, 6) is 0.329. The van der Waals surface area contributed by atoms with Gasteiger partial charge in [-0.1, -0.05) is 0 Å². The quantitative estimate of drug-likeness (QED) is 0.772. The molecule has 1 aromatic carbocycles. The molecule has 2 aromatic heterocycles. The lowest BCUT2D eigenvalue weighted by atomic mass is 10.2. The van der Waals surface area contributed by atoms with E-state index in [4.69, 9.17) is 5.73 Å². The number of nitrogen functional groups attached to an aromatic ring is 1. The smallest absolute Gasteiger partial charge is 0.227 e. The van der Waals surface area contributed by atoms with E-state index in [2.05, 4.69) is 25.3 Å². The minimum Gasteiger partial charge on any atom is -0.368 e. The molecule has 0 amide bonds. The molecule has 0 unspecified atom stereocenters. The highest BCUT2D eigenvalue weighted by molar-refractivity contribution is 5.63. The van der Waals surface area contributed by atoms with Crippen molar-refractivity contribution in [3.8, 4) is 11.3 Å². The van der Waals surface area contributed by atoms with Gasteiger partial charge in [0.2, 0.25) is 11.9 Å². The number of rotatable bonds is 3. The first kappa shape index (κ1) is 13.9. The second-order valence-electron chi connectivity index (χ2n) is 4.62. The molecule has 0 saturated heterocycles. The van der Waals surface area contributed by atoms with Gasteiger partial charge in [-0.15, -0.1) is 0 Å². The maximum Gasteiger partial charge on any atom is 0.227 e. The van der Waals surface area contributed by atoms with Crippen molar-refractivity contribution in [2.75, 3.05) is 11.1 Å². The highest BCUT2D eigenvalue weighted by atomic mass is 19.1. The Labute approximate surface area is 126 Å². The van der Waals surface area contributed by atoms with E-state index >= 15 is 0 Å². The van der Waals surface area contributed by atoms with Gasteiger partial charge in [0.1, 0.15) is 5.82 Å². The van der Waals surface area contributed by atoms with E-state index in [9.17, 15) is 4.39 Å².